The molecule has 0 unspecified atom stereocenters. The number of nitrogens with two attached hydrogens (primary N) is 1. The molecule has 0 atom stereocenters. The fourth-order valence-electron chi connectivity index (χ4n) is 2.33. The number of nitrogen functional groups attached to an aromatic ring is 1. The lowest BCUT2D eigenvalue weighted by Crippen LogP contribution is -2.45. The van der Waals surface area contributed by atoms with E-state index in [0.717, 1.165) is 31.9 Å². The van der Waals surface area contributed by atoms with Gasteiger partial charge in [0.15, 0.2) is 5.13 Å². The molecule has 7 nitrogen and oxygen atoms in total. The minimum Gasteiger partial charge on any atom is -0.375 e. The Morgan fingerprint density at radius 1 is 1.33 bits per heavy atom. The van der Waals surface area contributed by atoms with Gasteiger partial charge in [0.25, 0.3) is 5.91 Å². The van der Waals surface area contributed by atoms with E-state index < -0.39 is 0 Å². The van der Waals surface area contributed by atoms with Gasteiger partial charge in [-0.25, -0.2) is 15.0 Å². The third-order valence-corrected chi connectivity index (χ3v) is 4.09. The zero-order valence-corrected chi connectivity index (χ0v) is 12.2. The molecule has 0 saturated carbocycles. The van der Waals surface area contributed by atoms with Gasteiger partial charge in [0.2, 0.25) is 5.95 Å². The number of carbonyl (C=O) groups excluding carboxylic acids is 1. The summed E-state index contributed by atoms with van der Waals surface area (Å²) in [7, 11) is 0. The average molecular weight is 304 g/mol. The number of carbonyl (C=O) groups is 1. The first kappa shape index (κ1) is 13.7. The number of nitrogens with zero attached hydrogens (tertiary/aromatic N) is 4. The molecule has 0 aliphatic carbocycles. The topological polar surface area (TPSA) is 97.0 Å². The molecule has 1 amide bonds. The molecule has 8 heteroatoms. The molecule has 0 spiro atoms. The van der Waals surface area contributed by atoms with Crippen molar-refractivity contribution in [3.05, 3.63) is 29.5 Å². The number of hydrogen-bond donors (Lipinski definition) is 2. The van der Waals surface area contributed by atoms with Gasteiger partial charge in [0.1, 0.15) is 5.69 Å². The molecule has 1 saturated heterocycles. The second-order valence-electron chi connectivity index (χ2n) is 4.85. The zero-order valence-electron chi connectivity index (χ0n) is 11.4. The molecule has 3 rings (SSSR count). The molecule has 1 aliphatic rings. The highest BCUT2D eigenvalue weighted by Gasteiger charge is 2.23. The monoisotopic (exact) mass is 304 g/mol. The Labute approximate surface area is 126 Å². The van der Waals surface area contributed by atoms with Gasteiger partial charge in [0.05, 0.1) is 0 Å². The van der Waals surface area contributed by atoms with Gasteiger partial charge in [-0.2, -0.15) is 0 Å². The molecular weight excluding hydrogens is 288 g/mol. The van der Waals surface area contributed by atoms with E-state index in [9.17, 15) is 4.79 Å². The maximum atomic E-state index is 12.0. The number of anilines is 2. The Balaban J connectivity index is 1.53. The summed E-state index contributed by atoms with van der Waals surface area (Å²) in [5.74, 6) is 0.590. The van der Waals surface area contributed by atoms with E-state index in [-0.39, 0.29) is 11.9 Å². The fourth-order valence-corrected chi connectivity index (χ4v) is 2.87. The molecule has 3 heterocycles. The number of amides is 1. The fraction of sp³-hybridized carbons (Fsp3) is 0.385. The first-order valence-electron chi connectivity index (χ1n) is 6.76. The van der Waals surface area contributed by atoms with Crippen LogP contribution >= 0.6 is 11.3 Å². The van der Waals surface area contributed by atoms with Crippen molar-refractivity contribution in [2.24, 2.45) is 0 Å². The highest BCUT2D eigenvalue weighted by atomic mass is 32.1. The maximum absolute atomic E-state index is 12.0. The van der Waals surface area contributed by atoms with Crippen LogP contribution in [0.2, 0.25) is 0 Å². The predicted molar refractivity (Wildman–Crippen MR) is 81.3 cm³/mol. The quantitative estimate of drug-likeness (QED) is 0.875. The van der Waals surface area contributed by atoms with E-state index in [2.05, 4.69) is 25.2 Å². The van der Waals surface area contributed by atoms with Gasteiger partial charge in [-0.1, -0.05) is 0 Å². The van der Waals surface area contributed by atoms with Crippen LogP contribution in [0.15, 0.2) is 23.8 Å². The molecule has 110 valence electrons. The van der Waals surface area contributed by atoms with Crippen molar-refractivity contribution in [3.63, 3.8) is 0 Å². The van der Waals surface area contributed by atoms with E-state index in [1.54, 1.807) is 23.8 Å². The zero-order chi connectivity index (χ0) is 14.7. The van der Waals surface area contributed by atoms with Crippen LogP contribution in [0.5, 0.6) is 0 Å². The van der Waals surface area contributed by atoms with Gasteiger partial charge >= 0.3 is 0 Å². The lowest BCUT2D eigenvalue weighted by molar-refractivity contribution is 0.0927. The SMILES string of the molecule is Nc1nc(C(=O)NC2CCN(c3ncccn3)CC2)cs1. The van der Waals surface area contributed by atoms with Gasteiger partial charge in [-0.15, -0.1) is 11.3 Å². The highest BCUT2D eigenvalue weighted by molar-refractivity contribution is 7.13. The largest absolute Gasteiger partial charge is 0.375 e. The number of hydrogen-bond acceptors (Lipinski definition) is 7. The summed E-state index contributed by atoms with van der Waals surface area (Å²) in [6.07, 6.45) is 5.21. The minimum atomic E-state index is -0.155. The minimum absolute atomic E-state index is 0.153. The molecule has 1 fully saturated rings. The van der Waals surface area contributed by atoms with Crippen LogP contribution in [-0.4, -0.2) is 40.0 Å². The Hall–Kier alpha value is -2.22. The van der Waals surface area contributed by atoms with Gasteiger partial charge < -0.3 is 16.0 Å². The number of thiazole rings is 1. The van der Waals surface area contributed by atoms with Crippen molar-refractivity contribution in [1.82, 2.24) is 20.3 Å². The first-order valence-corrected chi connectivity index (χ1v) is 7.64. The second-order valence-corrected chi connectivity index (χ2v) is 5.74. The van der Waals surface area contributed by atoms with Gasteiger partial charge in [-0.05, 0) is 18.9 Å². The van der Waals surface area contributed by atoms with Crippen LogP contribution in [0.25, 0.3) is 0 Å². The lowest BCUT2D eigenvalue weighted by Gasteiger charge is -2.32. The van der Waals surface area contributed by atoms with Crippen molar-refractivity contribution >= 4 is 28.3 Å². The van der Waals surface area contributed by atoms with Crippen LogP contribution in [0.1, 0.15) is 23.3 Å². The Kier molecular flexibility index (Phi) is 3.96. The summed E-state index contributed by atoms with van der Waals surface area (Å²) >= 11 is 1.27. The Morgan fingerprint density at radius 2 is 2.05 bits per heavy atom. The van der Waals surface area contributed by atoms with Crippen LogP contribution in [0, 0.1) is 0 Å². The van der Waals surface area contributed by atoms with E-state index >= 15 is 0 Å². The normalized spacial score (nSPS) is 15.9. The summed E-state index contributed by atoms with van der Waals surface area (Å²) in [5, 5.41) is 5.09. The first-order chi connectivity index (χ1) is 10.2. The van der Waals surface area contributed by atoms with Crippen molar-refractivity contribution in [1.29, 1.82) is 0 Å². The molecule has 0 bridgehead atoms. The summed E-state index contributed by atoms with van der Waals surface area (Å²) in [6, 6.07) is 1.95. The molecule has 21 heavy (non-hydrogen) atoms. The molecule has 3 N–H and O–H groups in total. The lowest BCUT2D eigenvalue weighted by atomic mass is 10.1. The molecule has 0 aromatic carbocycles. The highest BCUT2D eigenvalue weighted by Crippen LogP contribution is 2.16. The Morgan fingerprint density at radius 3 is 2.67 bits per heavy atom. The average Bonchev–Trinajstić information content (AvgIpc) is 2.96. The van der Waals surface area contributed by atoms with Crippen LogP contribution in [-0.2, 0) is 0 Å². The summed E-state index contributed by atoms with van der Waals surface area (Å²) in [5.41, 5.74) is 5.93. The molecule has 2 aromatic heterocycles. The van der Waals surface area contributed by atoms with Crippen LogP contribution in [0.4, 0.5) is 11.1 Å². The van der Waals surface area contributed by atoms with Crippen molar-refractivity contribution in [2.75, 3.05) is 23.7 Å². The third-order valence-electron chi connectivity index (χ3n) is 3.42. The molecule has 0 radical (unpaired) electrons. The molecule has 1 aliphatic heterocycles. The third kappa shape index (κ3) is 3.27. The van der Waals surface area contributed by atoms with Gasteiger partial charge in [0, 0.05) is 36.9 Å². The van der Waals surface area contributed by atoms with Crippen LogP contribution in [0.3, 0.4) is 0 Å². The maximum Gasteiger partial charge on any atom is 0.271 e. The number of piperidine rings is 1. The summed E-state index contributed by atoms with van der Waals surface area (Å²) in [6.45, 7) is 1.66. The van der Waals surface area contributed by atoms with E-state index in [4.69, 9.17) is 5.73 Å². The standard InChI is InChI=1S/C13H16N6OS/c14-12-18-10(8-21-12)11(20)17-9-2-6-19(7-3-9)13-15-4-1-5-16-13/h1,4-5,8-9H,2-3,6-7H2,(H2,14,18)(H,17,20). The van der Waals surface area contributed by atoms with Crippen LogP contribution < -0.4 is 16.0 Å². The van der Waals surface area contributed by atoms with Crippen molar-refractivity contribution < 1.29 is 4.79 Å². The van der Waals surface area contributed by atoms with E-state index in [1.165, 1.54) is 11.3 Å². The van der Waals surface area contributed by atoms with Crippen molar-refractivity contribution in [2.45, 2.75) is 18.9 Å². The van der Waals surface area contributed by atoms with E-state index in [0.29, 0.717) is 10.8 Å². The summed E-state index contributed by atoms with van der Waals surface area (Å²) in [4.78, 5) is 26.6. The molecular formula is C13H16N6OS. The smallest absolute Gasteiger partial charge is 0.271 e. The van der Waals surface area contributed by atoms with Gasteiger partial charge in [-0.3, -0.25) is 4.79 Å². The predicted octanol–water partition coefficient (Wildman–Crippen LogP) is 0.914. The van der Waals surface area contributed by atoms with Crippen molar-refractivity contribution in [3.8, 4) is 0 Å². The number of rotatable bonds is 3. The Bertz CT molecular complexity index is 608. The number of aromatic nitrogens is 3. The second kappa shape index (κ2) is 6.04. The summed E-state index contributed by atoms with van der Waals surface area (Å²) < 4.78 is 0. The molecule has 2 aromatic rings. The number of nitrogens with one attached hydrogen (secondary N) is 1. The van der Waals surface area contributed by atoms with E-state index in [1.807, 2.05) is 0 Å².